The number of benzene rings is 2. The van der Waals surface area contributed by atoms with Crippen molar-refractivity contribution in [2.75, 3.05) is 5.32 Å². The van der Waals surface area contributed by atoms with E-state index in [4.69, 9.17) is 0 Å². The van der Waals surface area contributed by atoms with Crippen LogP contribution in [-0.2, 0) is 15.6 Å². The third-order valence-electron chi connectivity index (χ3n) is 6.09. The van der Waals surface area contributed by atoms with Crippen molar-refractivity contribution in [3.8, 4) is 11.5 Å². The van der Waals surface area contributed by atoms with Crippen LogP contribution in [0.1, 0.15) is 64.8 Å². The number of carbonyl (C=O) groups is 1. The van der Waals surface area contributed by atoms with Gasteiger partial charge in [-0.2, -0.15) is 0 Å². The highest BCUT2D eigenvalue weighted by atomic mass is 16.3. The van der Waals surface area contributed by atoms with Crippen LogP contribution < -0.4 is 5.32 Å². The Balaban J connectivity index is 1.66. The van der Waals surface area contributed by atoms with E-state index in [0.717, 1.165) is 35.0 Å². The summed E-state index contributed by atoms with van der Waals surface area (Å²) in [6.07, 6.45) is 1.45. The van der Waals surface area contributed by atoms with Gasteiger partial charge in [-0.15, -0.1) is 0 Å². The number of fused-ring (bicyclic) bond motifs is 1. The van der Waals surface area contributed by atoms with Crippen LogP contribution in [0.5, 0.6) is 11.5 Å². The van der Waals surface area contributed by atoms with Crippen molar-refractivity contribution in [3.63, 3.8) is 0 Å². The second kappa shape index (κ2) is 6.79. The van der Waals surface area contributed by atoms with E-state index in [0.29, 0.717) is 6.04 Å². The van der Waals surface area contributed by atoms with Gasteiger partial charge in [0.1, 0.15) is 0 Å². The fourth-order valence-electron chi connectivity index (χ4n) is 4.29. The molecule has 1 saturated carbocycles. The molecule has 0 atom stereocenters. The zero-order valence-corrected chi connectivity index (χ0v) is 18.3. The second-order valence-electron chi connectivity index (χ2n) is 9.76. The summed E-state index contributed by atoms with van der Waals surface area (Å²) in [6, 6.07) is 13.3. The molecule has 5 heteroatoms. The van der Waals surface area contributed by atoms with Crippen LogP contribution in [0, 0.1) is 0 Å². The lowest BCUT2D eigenvalue weighted by Crippen LogP contribution is -2.27. The normalized spacial score (nSPS) is 15.5. The summed E-state index contributed by atoms with van der Waals surface area (Å²) in [5.41, 5.74) is 3.32. The first-order chi connectivity index (χ1) is 14.0. The van der Waals surface area contributed by atoms with E-state index < -0.39 is 5.41 Å². The first-order valence-electron chi connectivity index (χ1n) is 10.5. The molecule has 4 rings (SSSR count). The van der Waals surface area contributed by atoms with E-state index >= 15 is 0 Å². The van der Waals surface area contributed by atoms with E-state index in [1.807, 2.05) is 12.1 Å². The Morgan fingerprint density at radius 2 is 1.73 bits per heavy atom. The molecule has 3 aromatic rings. The number of nitrogens with one attached hydrogen (secondary N) is 1. The van der Waals surface area contributed by atoms with Gasteiger partial charge in [-0.3, -0.25) is 4.79 Å². The van der Waals surface area contributed by atoms with Crippen LogP contribution in [0.4, 0.5) is 5.69 Å². The van der Waals surface area contributed by atoms with Gasteiger partial charge in [-0.25, -0.2) is 0 Å². The van der Waals surface area contributed by atoms with Gasteiger partial charge in [0.2, 0.25) is 5.91 Å². The lowest BCUT2D eigenvalue weighted by atomic mass is 9.91. The number of aromatic nitrogens is 1. The summed E-state index contributed by atoms with van der Waals surface area (Å²) in [6.45, 7) is 11.0. The van der Waals surface area contributed by atoms with Gasteiger partial charge < -0.3 is 20.1 Å². The molecule has 0 radical (unpaired) electrons. The number of anilines is 1. The molecule has 1 aliphatic rings. The Morgan fingerprint density at radius 1 is 1.03 bits per heavy atom. The van der Waals surface area contributed by atoms with Gasteiger partial charge in [0.15, 0.2) is 11.5 Å². The van der Waals surface area contributed by atoms with Crippen LogP contribution in [0.15, 0.2) is 42.5 Å². The molecular weight excluding hydrogens is 376 g/mol. The van der Waals surface area contributed by atoms with Crippen LogP contribution in [0.2, 0.25) is 0 Å². The zero-order chi connectivity index (χ0) is 21.8. The van der Waals surface area contributed by atoms with E-state index in [1.54, 1.807) is 6.07 Å². The molecule has 0 spiro atoms. The Labute approximate surface area is 177 Å². The summed E-state index contributed by atoms with van der Waals surface area (Å²) >= 11 is 0. The van der Waals surface area contributed by atoms with E-state index in [-0.39, 0.29) is 22.8 Å². The van der Waals surface area contributed by atoms with E-state index in [9.17, 15) is 15.0 Å². The van der Waals surface area contributed by atoms with Crippen molar-refractivity contribution in [2.45, 2.75) is 64.3 Å². The fraction of sp³-hybridized carbons (Fsp3) is 0.400. The Bertz CT molecular complexity index is 1130. The highest BCUT2D eigenvalue weighted by Crippen LogP contribution is 2.50. The van der Waals surface area contributed by atoms with Gasteiger partial charge in [0.05, 0.1) is 5.41 Å². The predicted octanol–water partition coefficient (Wildman–Crippen LogP) is 5.60. The first-order valence-corrected chi connectivity index (χ1v) is 10.5. The fourth-order valence-corrected chi connectivity index (χ4v) is 4.29. The average Bonchev–Trinajstić information content (AvgIpc) is 3.37. The lowest BCUT2D eigenvalue weighted by Gasteiger charge is -2.24. The van der Waals surface area contributed by atoms with Crippen LogP contribution in [0.3, 0.4) is 0 Å². The van der Waals surface area contributed by atoms with Crippen molar-refractivity contribution in [2.24, 2.45) is 0 Å². The Hall–Kier alpha value is -2.95. The molecule has 2 aromatic carbocycles. The van der Waals surface area contributed by atoms with Crippen molar-refractivity contribution in [3.05, 3.63) is 53.7 Å². The molecule has 0 aliphatic heterocycles. The highest BCUT2D eigenvalue weighted by Gasteiger charge is 2.51. The number of hydrogen-bond acceptors (Lipinski definition) is 3. The molecule has 30 heavy (non-hydrogen) atoms. The molecular formula is C25H30N2O3. The molecule has 1 aromatic heterocycles. The quantitative estimate of drug-likeness (QED) is 0.494. The number of phenols is 2. The number of aromatic hydroxyl groups is 2. The summed E-state index contributed by atoms with van der Waals surface area (Å²) in [4.78, 5) is 13.1. The summed E-state index contributed by atoms with van der Waals surface area (Å²) in [5.74, 6) is -0.450. The summed E-state index contributed by atoms with van der Waals surface area (Å²) in [5, 5.41) is 23.6. The Morgan fingerprint density at radius 3 is 2.30 bits per heavy atom. The maximum Gasteiger partial charge on any atom is 0.235 e. The first kappa shape index (κ1) is 20.3. The van der Waals surface area contributed by atoms with Crippen molar-refractivity contribution >= 4 is 22.5 Å². The third-order valence-corrected chi connectivity index (χ3v) is 6.09. The number of amides is 1. The number of phenolic OH excluding ortho intramolecular Hbond substituents is 2. The topological polar surface area (TPSA) is 74.5 Å². The van der Waals surface area contributed by atoms with Crippen LogP contribution in [0.25, 0.3) is 10.9 Å². The molecule has 1 aliphatic carbocycles. The van der Waals surface area contributed by atoms with Crippen LogP contribution >= 0.6 is 0 Å². The van der Waals surface area contributed by atoms with Crippen LogP contribution in [-0.4, -0.2) is 20.7 Å². The maximum atomic E-state index is 13.1. The molecule has 1 amide bonds. The molecule has 3 N–H and O–H groups in total. The summed E-state index contributed by atoms with van der Waals surface area (Å²) < 4.78 is 2.36. The number of carbonyl (C=O) groups excluding carboxylic acids is 1. The maximum absolute atomic E-state index is 13.1. The minimum Gasteiger partial charge on any atom is -0.504 e. The van der Waals surface area contributed by atoms with Gasteiger partial charge in [-0.1, -0.05) is 26.8 Å². The number of rotatable bonds is 4. The third kappa shape index (κ3) is 3.32. The monoisotopic (exact) mass is 406 g/mol. The molecule has 0 saturated heterocycles. The number of nitrogens with zero attached hydrogens (tertiary/aromatic N) is 1. The SMILES string of the molecule is CC(C)n1c(C(C)(C)C)cc2cc(NC(=O)C3(c4ccc(O)c(O)c4)CC3)ccc21. The molecule has 1 fully saturated rings. The number of hydrogen-bond donors (Lipinski definition) is 3. The predicted molar refractivity (Wildman–Crippen MR) is 120 cm³/mol. The van der Waals surface area contributed by atoms with Crippen molar-refractivity contribution < 1.29 is 15.0 Å². The Kier molecular flexibility index (Phi) is 4.60. The second-order valence-corrected chi connectivity index (χ2v) is 9.76. The van der Waals surface area contributed by atoms with Crippen molar-refractivity contribution in [1.29, 1.82) is 0 Å². The summed E-state index contributed by atoms with van der Waals surface area (Å²) in [7, 11) is 0. The molecule has 158 valence electrons. The molecule has 5 nitrogen and oxygen atoms in total. The van der Waals surface area contributed by atoms with Gasteiger partial charge >= 0.3 is 0 Å². The minimum atomic E-state index is -0.638. The highest BCUT2D eigenvalue weighted by molar-refractivity contribution is 6.02. The largest absolute Gasteiger partial charge is 0.504 e. The van der Waals surface area contributed by atoms with Gasteiger partial charge in [-0.05, 0) is 68.7 Å². The molecule has 0 bridgehead atoms. The molecule has 0 unspecified atom stereocenters. The van der Waals surface area contributed by atoms with E-state index in [2.05, 4.69) is 56.6 Å². The van der Waals surface area contributed by atoms with Crippen molar-refractivity contribution in [1.82, 2.24) is 4.57 Å². The van der Waals surface area contributed by atoms with Gasteiger partial charge in [0, 0.05) is 33.7 Å². The lowest BCUT2D eigenvalue weighted by molar-refractivity contribution is -0.118. The van der Waals surface area contributed by atoms with Gasteiger partial charge in [0.25, 0.3) is 0 Å². The smallest absolute Gasteiger partial charge is 0.235 e. The zero-order valence-electron chi connectivity index (χ0n) is 18.3. The minimum absolute atomic E-state index is 0.0195. The van der Waals surface area contributed by atoms with E-state index in [1.165, 1.54) is 17.8 Å². The standard InChI is InChI=1S/C25H30N2O3/c1-15(2)27-19-8-7-18(12-16(19)13-22(27)24(3,4)5)26-23(30)25(10-11-25)17-6-9-20(28)21(29)14-17/h6-9,12-15,28-29H,10-11H2,1-5H3,(H,26,30). The average molecular weight is 407 g/mol. The molecule has 1 heterocycles.